The number of amides is 1. The number of benzene rings is 1. The van der Waals surface area contributed by atoms with Gasteiger partial charge in [0.05, 0.1) is 29.1 Å². The van der Waals surface area contributed by atoms with Gasteiger partial charge in [0.1, 0.15) is 0 Å². The van der Waals surface area contributed by atoms with E-state index in [9.17, 15) is 13.2 Å². The van der Waals surface area contributed by atoms with E-state index in [2.05, 4.69) is 5.32 Å². The zero-order chi connectivity index (χ0) is 13.2. The fraction of sp³-hybridized carbons (Fsp3) is 0.333. The van der Waals surface area contributed by atoms with Crippen molar-refractivity contribution >= 4 is 21.4 Å². The van der Waals surface area contributed by atoms with E-state index in [0.717, 1.165) is 0 Å². The van der Waals surface area contributed by atoms with E-state index in [1.54, 1.807) is 24.3 Å². The number of nitrogens with zero attached hydrogens (tertiary/aromatic N) is 1. The first kappa shape index (κ1) is 12.6. The highest BCUT2D eigenvalue weighted by molar-refractivity contribution is 7.91. The van der Waals surface area contributed by atoms with Crippen LogP contribution in [0.4, 0.5) is 5.69 Å². The molecule has 1 heterocycles. The fourth-order valence-electron chi connectivity index (χ4n) is 1.87. The molecule has 6 heteroatoms. The van der Waals surface area contributed by atoms with Crippen molar-refractivity contribution in [3.05, 3.63) is 29.8 Å². The Morgan fingerprint density at radius 2 is 2.00 bits per heavy atom. The summed E-state index contributed by atoms with van der Waals surface area (Å²) in [6, 6.07) is 8.43. The highest BCUT2D eigenvalue weighted by atomic mass is 32.2. The molecule has 0 radical (unpaired) electrons. The molecule has 94 valence electrons. The number of anilines is 1. The van der Waals surface area contributed by atoms with Crippen molar-refractivity contribution in [2.24, 2.45) is 5.92 Å². The lowest BCUT2D eigenvalue weighted by Crippen LogP contribution is -2.23. The van der Waals surface area contributed by atoms with Crippen molar-refractivity contribution in [2.45, 2.75) is 6.42 Å². The number of hydrogen-bond acceptors (Lipinski definition) is 4. The van der Waals surface area contributed by atoms with Crippen LogP contribution < -0.4 is 5.32 Å². The van der Waals surface area contributed by atoms with Crippen LogP contribution in [-0.4, -0.2) is 25.8 Å². The maximum absolute atomic E-state index is 11.8. The average Bonchev–Trinajstić information content (AvgIpc) is 2.71. The molecule has 0 bridgehead atoms. The number of sulfone groups is 1. The Morgan fingerprint density at radius 3 is 2.50 bits per heavy atom. The molecule has 1 amide bonds. The first-order chi connectivity index (χ1) is 8.50. The lowest BCUT2D eigenvalue weighted by atomic mass is 10.1. The Kier molecular flexibility index (Phi) is 3.34. The minimum Gasteiger partial charge on any atom is -0.326 e. The third-order valence-electron chi connectivity index (χ3n) is 2.88. The van der Waals surface area contributed by atoms with E-state index in [1.165, 1.54) is 0 Å². The van der Waals surface area contributed by atoms with Crippen molar-refractivity contribution in [1.82, 2.24) is 0 Å². The molecule has 18 heavy (non-hydrogen) atoms. The van der Waals surface area contributed by atoms with E-state index < -0.39 is 15.8 Å². The van der Waals surface area contributed by atoms with Crippen LogP contribution in [0, 0.1) is 17.2 Å². The van der Waals surface area contributed by atoms with Crippen molar-refractivity contribution in [1.29, 1.82) is 5.26 Å². The lowest BCUT2D eigenvalue weighted by molar-refractivity contribution is -0.119. The van der Waals surface area contributed by atoms with Crippen LogP contribution in [0.3, 0.4) is 0 Å². The molecule has 1 aromatic carbocycles. The summed E-state index contributed by atoms with van der Waals surface area (Å²) in [6.45, 7) is 0. The Morgan fingerprint density at radius 1 is 1.33 bits per heavy atom. The summed E-state index contributed by atoms with van der Waals surface area (Å²) in [4.78, 5) is 11.8. The molecule has 2 rings (SSSR count). The maximum Gasteiger partial charge on any atom is 0.228 e. The van der Waals surface area contributed by atoms with Crippen LogP contribution in [0.15, 0.2) is 24.3 Å². The standard InChI is InChI=1S/C12H12N2O3S/c13-7-9-1-3-11(4-2-9)14-12(15)10-5-6-18(16,17)8-10/h1-4,10H,5-6,8H2,(H,14,15). The van der Waals surface area contributed by atoms with Crippen LogP contribution in [0.2, 0.25) is 0 Å². The normalized spacial score (nSPS) is 21.2. The highest BCUT2D eigenvalue weighted by Crippen LogP contribution is 2.20. The molecule has 1 aliphatic heterocycles. The van der Waals surface area contributed by atoms with E-state index in [0.29, 0.717) is 17.7 Å². The fourth-order valence-corrected chi connectivity index (χ4v) is 3.62. The number of carbonyl (C=O) groups is 1. The van der Waals surface area contributed by atoms with Gasteiger partial charge in [0.2, 0.25) is 5.91 Å². The molecule has 1 saturated heterocycles. The lowest BCUT2D eigenvalue weighted by Gasteiger charge is -2.09. The SMILES string of the molecule is N#Cc1ccc(NC(=O)C2CCS(=O)(=O)C2)cc1. The Balaban J connectivity index is 2.01. The summed E-state index contributed by atoms with van der Waals surface area (Å²) < 4.78 is 22.5. The van der Waals surface area contributed by atoms with Crippen molar-refractivity contribution in [2.75, 3.05) is 16.8 Å². The maximum atomic E-state index is 11.8. The van der Waals surface area contributed by atoms with E-state index in [-0.39, 0.29) is 17.4 Å². The van der Waals surface area contributed by atoms with Crippen LogP contribution in [0.1, 0.15) is 12.0 Å². The summed E-state index contributed by atoms with van der Waals surface area (Å²) in [7, 11) is -3.05. The molecule has 0 spiro atoms. The Hall–Kier alpha value is -1.87. The monoisotopic (exact) mass is 264 g/mol. The Bertz CT molecular complexity index is 599. The smallest absolute Gasteiger partial charge is 0.228 e. The average molecular weight is 264 g/mol. The number of nitriles is 1. The number of rotatable bonds is 2. The molecule has 1 fully saturated rings. The molecule has 0 aromatic heterocycles. The second kappa shape index (κ2) is 4.78. The van der Waals surface area contributed by atoms with Gasteiger partial charge in [0.15, 0.2) is 9.84 Å². The summed E-state index contributed by atoms with van der Waals surface area (Å²) in [5.41, 5.74) is 1.08. The quantitative estimate of drug-likeness (QED) is 0.860. The van der Waals surface area contributed by atoms with Crippen LogP contribution in [0.5, 0.6) is 0 Å². The number of nitrogens with one attached hydrogen (secondary N) is 1. The Labute approximate surface area is 105 Å². The zero-order valence-electron chi connectivity index (χ0n) is 9.59. The number of carbonyl (C=O) groups excluding carboxylic acids is 1. The van der Waals surface area contributed by atoms with Crippen LogP contribution in [-0.2, 0) is 14.6 Å². The van der Waals surface area contributed by atoms with Gasteiger partial charge in [-0.1, -0.05) is 0 Å². The summed E-state index contributed by atoms with van der Waals surface area (Å²) in [5, 5.41) is 11.3. The van der Waals surface area contributed by atoms with Crippen molar-refractivity contribution < 1.29 is 13.2 Å². The van der Waals surface area contributed by atoms with E-state index >= 15 is 0 Å². The van der Waals surface area contributed by atoms with Gasteiger partial charge in [-0.05, 0) is 30.7 Å². The van der Waals surface area contributed by atoms with Gasteiger partial charge in [0, 0.05) is 5.69 Å². The predicted octanol–water partition coefficient (Wildman–Crippen LogP) is 0.931. The summed E-state index contributed by atoms with van der Waals surface area (Å²) >= 11 is 0. The van der Waals surface area contributed by atoms with Gasteiger partial charge in [-0.25, -0.2) is 8.42 Å². The molecule has 5 nitrogen and oxygen atoms in total. The van der Waals surface area contributed by atoms with Gasteiger partial charge in [-0.15, -0.1) is 0 Å². The van der Waals surface area contributed by atoms with E-state index in [4.69, 9.17) is 5.26 Å². The minimum absolute atomic E-state index is 0.0743. The molecule has 1 N–H and O–H groups in total. The number of hydrogen-bond donors (Lipinski definition) is 1. The molecular formula is C12H12N2O3S. The second-order valence-corrected chi connectivity index (χ2v) is 6.51. The van der Waals surface area contributed by atoms with Gasteiger partial charge in [0.25, 0.3) is 0 Å². The molecular weight excluding hydrogens is 252 g/mol. The summed E-state index contributed by atoms with van der Waals surface area (Å²) in [5.74, 6) is -0.737. The van der Waals surface area contributed by atoms with E-state index in [1.807, 2.05) is 6.07 Å². The first-order valence-corrected chi connectivity index (χ1v) is 7.34. The molecule has 1 aliphatic rings. The highest BCUT2D eigenvalue weighted by Gasteiger charge is 2.32. The topological polar surface area (TPSA) is 87.0 Å². The second-order valence-electron chi connectivity index (χ2n) is 4.28. The first-order valence-electron chi connectivity index (χ1n) is 5.51. The van der Waals surface area contributed by atoms with Gasteiger partial charge in [-0.3, -0.25) is 4.79 Å². The summed E-state index contributed by atoms with van der Waals surface area (Å²) in [6.07, 6.45) is 0.379. The largest absolute Gasteiger partial charge is 0.326 e. The molecule has 0 saturated carbocycles. The van der Waals surface area contributed by atoms with Crippen LogP contribution >= 0.6 is 0 Å². The predicted molar refractivity (Wildman–Crippen MR) is 66.5 cm³/mol. The molecule has 1 aromatic rings. The van der Waals surface area contributed by atoms with Crippen molar-refractivity contribution in [3.63, 3.8) is 0 Å². The van der Waals surface area contributed by atoms with Crippen LogP contribution in [0.25, 0.3) is 0 Å². The third-order valence-corrected chi connectivity index (χ3v) is 4.65. The van der Waals surface area contributed by atoms with Crippen molar-refractivity contribution in [3.8, 4) is 6.07 Å². The molecule has 1 atom stereocenters. The van der Waals surface area contributed by atoms with Gasteiger partial charge in [-0.2, -0.15) is 5.26 Å². The van der Waals surface area contributed by atoms with Gasteiger partial charge >= 0.3 is 0 Å². The van der Waals surface area contributed by atoms with Gasteiger partial charge < -0.3 is 5.32 Å². The molecule has 0 aliphatic carbocycles. The molecule has 1 unspecified atom stereocenters. The zero-order valence-corrected chi connectivity index (χ0v) is 10.4. The third kappa shape index (κ3) is 2.87. The minimum atomic E-state index is -3.05.